The number of diazo groups is 1. The van der Waals surface area contributed by atoms with Gasteiger partial charge >= 0.3 is 11.4 Å². The van der Waals surface area contributed by atoms with E-state index >= 15 is 0 Å². The van der Waals surface area contributed by atoms with Gasteiger partial charge < -0.3 is 12.4 Å². The van der Waals surface area contributed by atoms with Crippen molar-refractivity contribution >= 4 is 23.0 Å². The van der Waals surface area contributed by atoms with Crippen LogP contribution in [0.15, 0.2) is 18.2 Å². The molecular weight excluding hydrogens is 282 g/mol. The molecule has 0 fully saturated rings. The second-order valence-electron chi connectivity index (χ2n) is 1.99. The normalized spacial score (nSPS) is 7.71. The summed E-state index contributed by atoms with van der Waals surface area (Å²) in [5, 5.41) is 18.9. The Hall–Kier alpha value is -0.757. The monoisotopic (exact) mass is 283 g/mol. The predicted octanol–water partition coefficient (Wildman–Crippen LogP) is -0.266. The van der Waals surface area contributed by atoms with Crippen molar-refractivity contribution in [1.29, 1.82) is 5.39 Å². The van der Waals surface area contributed by atoms with Gasteiger partial charge in [-0.15, -0.1) is 0 Å². The van der Waals surface area contributed by atoms with Crippen LogP contribution in [-0.2, 0) is 19.5 Å². The molecule has 0 N–H and O–H groups in total. The minimum Gasteiger partial charge on any atom is -1.00 e. The third kappa shape index (κ3) is 3.54. The van der Waals surface area contributed by atoms with Crippen LogP contribution in [0.2, 0.25) is 5.02 Å². The number of nitro groups is 1. The summed E-state index contributed by atoms with van der Waals surface area (Å²) >= 11 is 5.49. The van der Waals surface area contributed by atoms with E-state index in [1.165, 1.54) is 12.1 Å². The van der Waals surface area contributed by atoms with E-state index in [0.29, 0.717) is 0 Å². The summed E-state index contributed by atoms with van der Waals surface area (Å²) in [6.07, 6.45) is 0. The van der Waals surface area contributed by atoms with E-state index in [4.69, 9.17) is 17.0 Å². The second kappa shape index (κ2) is 6.66. The summed E-state index contributed by atoms with van der Waals surface area (Å²) in [6, 6.07) is 3.79. The van der Waals surface area contributed by atoms with Crippen LogP contribution >= 0.6 is 11.6 Å². The molecule has 0 saturated carbocycles. The number of nitro benzene ring substituents is 1. The van der Waals surface area contributed by atoms with Crippen LogP contribution in [-0.4, -0.2) is 4.92 Å². The van der Waals surface area contributed by atoms with Gasteiger partial charge in [0.2, 0.25) is 5.39 Å². The van der Waals surface area contributed by atoms with E-state index in [9.17, 15) is 10.1 Å². The van der Waals surface area contributed by atoms with Gasteiger partial charge in [0.15, 0.2) is 4.98 Å². The van der Waals surface area contributed by atoms with Crippen molar-refractivity contribution in [3.63, 3.8) is 0 Å². The molecule has 1 aromatic carbocycles. The van der Waals surface area contributed by atoms with Crippen LogP contribution in [0.25, 0.3) is 4.98 Å². The van der Waals surface area contributed by atoms with Gasteiger partial charge in [0.05, 0.1) is 4.92 Å². The predicted molar refractivity (Wildman–Crippen MR) is 42.9 cm³/mol. The van der Waals surface area contributed by atoms with Gasteiger partial charge in [0.1, 0.15) is 0 Å². The summed E-state index contributed by atoms with van der Waals surface area (Å²) in [5.41, 5.74) is -0.422. The van der Waals surface area contributed by atoms with Crippen molar-refractivity contribution in [2.45, 2.75) is 0 Å². The fourth-order valence-corrected chi connectivity index (χ4v) is 0.894. The van der Waals surface area contributed by atoms with Crippen LogP contribution in [0.5, 0.6) is 0 Å². The standard InChI is InChI=1S/C6H3ClN3O2.ClH.Zn/c7-4-1-2-5(9-8)6(3-4)10(11)12;;/h1-3H;1H;/q+1;;/p-1. The molecule has 1 aromatic rings. The average Bonchev–Trinajstić information content (AvgIpc) is 2.04. The van der Waals surface area contributed by atoms with E-state index in [1.54, 1.807) is 0 Å². The molecule has 0 heterocycles. The molecule has 0 unspecified atom stereocenters. The summed E-state index contributed by atoms with van der Waals surface area (Å²) in [4.78, 5) is 12.4. The van der Waals surface area contributed by atoms with Gasteiger partial charge in [-0.2, -0.15) is 0 Å². The molecular formula is C6H3Cl2N3O2Zn. The maximum atomic E-state index is 10.3. The van der Waals surface area contributed by atoms with E-state index < -0.39 is 4.92 Å². The molecule has 14 heavy (non-hydrogen) atoms. The second-order valence-corrected chi connectivity index (χ2v) is 2.43. The maximum absolute atomic E-state index is 10.3. The van der Waals surface area contributed by atoms with Crippen molar-refractivity contribution in [2.75, 3.05) is 0 Å². The number of hydrogen-bond donors (Lipinski definition) is 0. The molecule has 0 aliphatic carbocycles. The molecule has 70 valence electrons. The Morgan fingerprint density at radius 2 is 2.07 bits per heavy atom. The molecule has 1 rings (SSSR count). The van der Waals surface area contributed by atoms with Crippen molar-refractivity contribution in [2.24, 2.45) is 0 Å². The topological polar surface area (TPSA) is 71.3 Å². The van der Waals surface area contributed by atoms with Crippen LogP contribution in [0, 0.1) is 15.5 Å². The summed E-state index contributed by atoms with van der Waals surface area (Å²) < 4.78 is 0. The zero-order valence-electron chi connectivity index (χ0n) is 6.85. The van der Waals surface area contributed by atoms with Crippen LogP contribution in [0.3, 0.4) is 0 Å². The van der Waals surface area contributed by atoms with Gasteiger partial charge in [0, 0.05) is 36.6 Å². The first kappa shape index (κ1) is 15.7. The van der Waals surface area contributed by atoms with Gasteiger partial charge in [-0.1, -0.05) is 11.6 Å². The van der Waals surface area contributed by atoms with E-state index in [-0.39, 0.29) is 48.3 Å². The first-order valence-corrected chi connectivity index (χ1v) is 3.32. The Kier molecular flexibility index (Phi) is 7.47. The summed E-state index contributed by atoms with van der Waals surface area (Å²) in [5.74, 6) is 0. The van der Waals surface area contributed by atoms with Crippen LogP contribution in [0.4, 0.5) is 11.4 Å². The smallest absolute Gasteiger partial charge is 0.461 e. The van der Waals surface area contributed by atoms with Crippen molar-refractivity contribution in [1.82, 2.24) is 0 Å². The van der Waals surface area contributed by atoms with Gasteiger partial charge in [-0.25, -0.2) is 0 Å². The van der Waals surface area contributed by atoms with Crippen molar-refractivity contribution < 1.29 is 36.8 Å². The fraction of sp³-hybridized carbons (Fsp3) is 0. The Morgan fingerprint density at radius 1 is 1.50 bits per heavy atom. The SMILES string of the molecule is N#[N+]c1ccc(Cl)cc1[N+](=O)[O-].[Cl-].[Zn]. The maximum Gasteiger partial charge on any atom is 0.461 e. The summed E-state index contributed by atoms with van der Waals surface area (Å²) in [6.45, 7) is 0. The largest absolute Gasteiger partial charge is 1.00 e. The molecule has 0 aliphatic rings. The summed E-state index contributed by atoms with van der Waals surface area (Å²) in [7, 11) is 0. The van der Waals surface area contributed by atoms with Crippen molar-refractivity contribution in [3.8, 4) is 0 Å². The molecule has 0 radical (unpaired) electrons. The molecule has 8 heteroatoms. The minimum atomic E-state index is -0.666. The third-order valence-electron chi connectivity index (χ3n) is 1.24. The minimum absolute atomic E-state index is 0. The molecule has 5 nitrogen and oxygen atoms in total. The number of rotatable bonds is 1. The van der Waals surface area contributed by atoms with Crippen molar-refractivity contribution in [3.05, 3.63) is 38.3 Å². The molecule has 0 aliphatic heterocycles. The Bertz CT molecular complexity index is 380. The number of hydrogen-bond acceptors (Lipinski definition) is 3. The zero-order valence-corrected chi connectivity index (χ0v) is 11.3. The van der Waals surface area contributed by atoms with E-state index in [1.807, 2.05) is 0 Å². The van der Waals surface area contributed by atoms with E-state index in [2.05, 4.69) is 4.98 Å². The first-order chi connectivity index (χ1) is 5.65. The Balaban J connectivity index is 0. The van der Waals surface area contributed by atoms with Gasteiger partial charge in [-0.05, 0) is 6.07 Å². The third-order valence-corrected chi connectivity index (χ3v) is 1.48. The van der Waals surface area contributed by atoms with E-state index in [0.717, 1.165) is 6.07 Å². The molecule has 0 atom stereocenters. The Morgan fingerprint density at radius 3 is 2.50 bits per heavy atom. The number of nitrogens with zero attached hydrogens (tertiary/aromatic N) is 3. The van der Waals surface area contributed by atoms with Crippen LogP contribution < -0.4 is 12.4 Å². The van der Waals surface area contributed by atoms with Gasteiger partial charge in [0.25, 0.3) is 0 Å². The van der Waals surface area contributed by atoms with Crippen LogP contribution in [0.1, 0.15) is 0 Å². The zero-order chi connectivity index (χ0) is 9.14. The number of halogens is 2. The Labute approximate surface area is 103 Å². The number of benzene rings is 1. The quantitative estimate of drug-likeness (QED) is 0.309. The van der Waals surface area contributed by atoms with Gasteiger partial charge in [-0.3, -0.25) is 10.1 Å². The molecule has 0 saturated heterocycles. The average molecular weight is 285 g/mol. The molecule has 0 bridgehead atoms. The first-order valence-electron chi connectivity index (χ1n) is 2.94. The molecule has 0 spiro atoms. The molecule has 0 aromatic heterocycles. The fourth-order valence-electron chi connectivity index (χ4n) is 0.727. The molecule has 0 amide bonds.